The lowest BCUT2D eigenvalue weighted by atomic mass is 9.86. The van der Waals surface area contributed by atoms with Crippen molar-refractivity contribution in [1.82, 2.24) is 4.90 Å². The molecule has 0 bridgehead atoms. The number of carboxylic acid groups (broad SMARTS) is 1. The van der Waals surface area contributed by atoms with Crippen molar-refractivity contribution < 1.29 is 24.5 Å². The van der Waals surface area contributed by atoms with Gasteiger partial charge in [0.15, 0.2) is 6.23 Å². The van der Waals surface area contributed by atoms with Crippen LogP contribution in [0.25, 0.3) is 0 Å². The second kappa shape index (κ2) is 8.31. The van der Waals surface area contributed by atoms with Gasteiger partial charge in [-0.15, -0.1) is 0 Å². The Labute approximate surface area is 163 Å². The predicted octanol–water partition coefficient (Wildman–Crippen LogP) is 3.12. The second-order valence-corrected chi connectivity index (χ2v) is 7.43. The molecule has 2 saturated heterocycles. The fourth-order valence-corrected chi connectivity index (χ4v) is 4.00. The Morgan fingerprint density at radius 1 is 1.26 bits per heavy atom. The van der Waals surface area contributed by atoms with E-state index in [1.165, 1.54) is 16.5 Å². The van der Waals surface area contributed by atoms with Crippen LogP contribution in [-0.4, -0.2) is 45.4 Å². The minimum Gasteiger partial charge on any atom is -0.479 e. The minimum absolute atomic E-state index is 0.189. The number of amides is 1. The lowest BCUT2D eigenvalue weighted by molar-refractivity contribution is -0.171. The van der Waals surface area contributed by atoms with Gasteiger partial charge in [0, 0.05) is 5.02 Å². The van der Waals surface area contributed by atoms with Gasteiger partial charge in [0.05, 0.1) is 13.0 Å². The van der Waals surface area contributed by atoms with Gasteiger partial charge >= 0.3 is 5.97 Å². The Balaban J connectivity index is 1.54. The summed E-state index contributed by atoms with van der Waals surface area (Å²) in [5, 5.41) is 19.8. The lowest BCUT2D eigenvalue weighted by Crippen LogP contribution is -2.62. The maximum Gasteiger partial charge on any atom is 0.337 e. The highest BCUT2D eigenvalue weighted by molar-refractivity contribution is 6.30. The van der Waals surface area contributed by atoms with Crippen LogP contribution in [0.15, 0.2) is 36.1 Å². The van der Waals surface area contributed by atoms with Crippen molar-refractivity contribution in [3.05, 3.63) is 46.7 Å². The summed E-state index contributed by atoms with van der Waals surface area (Å²) in [6, 6.07) is 7.78. The number of benzene rings is 1. The molecule has 1 amide bonds. The summed E-state index contributed by atoms with van der Waals surface area (Å²) >= 11 is 5.88. The van der Waals surface area contributed by atoms with E-state index in [2.05, 4.69) is 0 Å². The monoisotopic (exact) mass is 393 g/mol. The molecule has 0 aromatic heterocycles. The number of fused-ring (bicyclic) bond motifs is 1. The van der Waals surface area contributed by atoms with Gasteiger partial charge in [-0.05, 0) is 43.0 Å². The van der Waals surface area contributed by atoms with Crippen LogP contribution in [0, 0.1) is 0 Å². The third kappa shape index (κ3) is 3.82. The zero-order valence-corrected chi connectivity index (χ0v) is 15.8. The van der Waals surface area contributed by atoms with Crippen LogP contribution in [0.3, 0.4) is 0 Å². The van der Waals surface area contributed by atoms with E-state index in [1.807, 2.05) is 24.3 Å². The summed E-state index contributed by atoms with van der Waals surface area (Å²) in [7, 11) is 0. The topological polar surface area (TPSA) is 87.1 Å². The van der Waals surface area contributed by atoms with Crippen LogP contribution in [0.5, 0.6) is 0 Å². The SMILES string of the molecule is O=C1C[C@H]2O/C(=C\CO)[C@](CCCCCCc3ccc(Cl)cc3)(C(=O)O)N12. The van der Waals surface area contributed by atoms with Crippen molar-refractivity contribution in [3.63, 3.8) is 0 Å². The van der Waals surface area contributed by atoms with Crippen molar-refractivity contribution >= 4 is 23.5 Å². The molecule has 1 aromatic carbocycles. The van der Waals surface area contributed by atoms with Crippen LogP contribution >= 0.6 is 11.6 Å². The molecule has 0 radical (unpaired) electrons. The predicted molar refractivity (Wildman–Crippen MR) is 100 cm³/mol. The number of aliphatic carboxylic acids is 1. The zero-order valence-electron chi connectivity index (χ0n) is 15.1. The lowest BCUT2D eigenvalue weighted by Gasteiger charge is -2.40. The van der Waals surface area contributed by atoms with E-state index in [0.717, 1.165) is 30.7 Å². The highest BCUT2D eigenvalue weighted by Crippen LogP contribution is 2.46. The normalized spacial score (nSPS) is 25.3. The van der Waals surface area contributed by atoms with Crippen molar-refractivity contribution in [2.45, 2.75) is 56.7 Å². The van der Waals surface area contributed by atoms with E-state index in [9.17, 15) is 19.8 Å². The summed E-state index contributed by atoms with van der Waals surface area (Å²) < 4.78 is 5.61. The number of carbonyl (C=O) groups excluding carboxylic acids is 1. The molecule has 27 heavy (non-hydrogen) atoms. The van der Waals surface area contributed by atoms with E-state index in [0.29, 0.717) is 6.42 Å². The van der Waals surface area contributed by atoms with E-state index < -0.39 is 17.7 Å². The fraction of sp³-hybridized carbons (Fsp3) is 0.500. The fourth-order valence-electron chi connectivity index (χ4n) is 3.88. The molecule has 7 heteroatoms. The first kappa shape index (κ1) is 19.7. The van der Waals surface area contributed by atoms with Gasteiger partial charge in [-0.1, -0.05) is 43.0 Å². The van der Waals surface area contributed by atoms with Gasteiger partial charge < -0.3 is 14.9 Å². The molecule has 3 rings (SSSR count). The number of unbranched alkanes of at least 4 members (excludes halogenated alkanes) is 3. The van der Waals surface area contributed by atoms with Crippen molar-refractivity contribution in [1.29, 1.82) is 0 Å². The number of rotatable bonds is 9. The van der Waals surface area contributed by atoms with Crippen molar-refractivity contribution in [3.8, 4) is 0 Å². The highest BCUT2D eigenvalue weighted by atomic mass is 35.5. The molecule has 2 N–H and O–H groups in total. The maximum absolute atomic E-state index is 12.1. The highest BCUT2D eigenvalue weighted by Gasteiger charge is 2.64. The average molecular weight is 394 g/mol. The number of aliphatic hydroxyl groups is 1. The van der Waals surface area contributed by atoms with E-state index in [1.54, 1.807) is 0 Å². The van der Waals surface area contributed by atoms with Crippen molar-refractivity contribution in [2.24, 2.45) is 0 Å². The number of β-lactam (4-membered cyclic amide) rings is 1. The molecule has 0 saturated carbocycles. The van der Waals surface area contributed by atoms with Crippen LogP contribution < -0.4 is 0 Å². The van der Waals surface area contributed by atoms with Crippen LogP contribution in [-0.2, 0) is 20.7 Å². The first-order valence-electron chi connectivity index (χ1n) is 9.27. The molecule has 1 aromatic rings. The molecule has 2 aliphatic heterocycles. The Kier molecular flexibility index (Phi) is 6.07. The van der Waals surface area contributed by atoms with Crippen LogP contribution in [0.4, 0.5) is 0 Å². The number of aryl methyl sites for hydroxylation is 1. The number of carboxylic acids is 1. The minimum atomic E-state index is -1.47. The molecule has 2 heterocycles. The van der Waals surface area contributed by atoms with E-state index in [4.69, 9.17) is 16.3 Å². The van der Waals surface area contributed by atoms with E-state index >= 15 is 0 Å². The number of halogens is 1. The second-order valence-electron chi connectivity index (χ2n) is 7.00. The number of hydrogen-bond donors (Lipinski definition) is 2. The number of ether oxygens (including phenoxy) is 1. The van der Waals surface area contributed by atoms with Gasteiger partial charge in [0.25, 0.3) is 0 Å². The first-order chi connectivity index (χ1) is 13.0. The maximum atomic E-state index is 12.1. The quantitative estimate of drug-likeness (QED) is 0.497. The Morgan fingerprint density at radius 2 is 1.96 bits per heavy atom. The number of carbonyl (C=O) groups is 2. The third-order valence-electron chi connectivity index (χ3n) is 5.29. The molecule has 2 atom stereocenters. The molecular formula is C20H24ClNO5. The Morgan fingerprint density at radius 3 is 2.59 bits per heavy atom. The number of nitrogens with zero attached hydrogens (tertiary/aromatic N) is 1. The van der Waals surface area contributed by atoms with Gasteiger partial charge in [0.1, 0.15) is 5.76 Å². The summed E-state index contributed by atoms with van der Waals surface area (Å²) in [4.78, 5) is 25.4. The number of aliphatic hydroxyl groups excluding tert-OH is 1. The third-order valence-corrected chi connectivity index (χ3v) is 5.54. The standard InChI is InChI=1S/C20H24ClNO5/c21-15-8-6-14(7-9-15)5-3-1-2-4-11-20(19(25)26)16(10-12-23)27-18-13-17(24)22(18)20/h6-10,18,23H,1-5,11-13H2,(H,25,26)/b16-10-/t18-,20-/m1/s1. The zero-order chi connectivity index (χ0) is 19.4. The Hall–Kier alpha value is -2.05. The number of hydrogen-bond acceptors (Lipinski definition) is 4. The van der Waals surface area contributed by atoms with Gasteiger partial charge in [-0.3, -0.25) is 9.69 Å². The average Bonchev–Trinajstić information content (AvgIpc) is 2.88. The summed E-state index contributed by atoms with van der Waals surface area (Å²) in [6.45, 7) is -0.319. The first-order valence-corrected chi connectivity index (χ1v) is 9.65. The molecule has 2 fully saturated rings. The smallest absolute Gasteiger partial charge is 0.337 e. The molecule has 0 spiro atoms. The van der Waals surface area contributed by atoms with Gasteiger partial charge in [-0.2, -0.15) is 0 Å². The summed E-state index contributed by atoms with van der Waals surface area (Å²) in [5.41, 5.74) is -0.244. The Bertz CT molecular complexity index is 732. The van der Waals surface area contributed by atoms with Gasteiger partial charge in [0.2, 0.25) is 11.4 Å². The molecule has 2 aliphatic rings. The van der Waals surface area contributed by atoms with Gasteiger partial charge in [-0.25, -0.2) is 4.79 Å². The van der Waals surface area contributed by atoms with E-state index in [-0.39, 0.29) is 31.1 Å². The molecule has 146 valence electrons. The van der Waals surface area contributed by atoms with Crippen molar-refractivity contribution in [2.75, 3.05) is 6.61 Å². The molecule has 6 nitrogen and oxygen atoms in total. The molecular weight excluding hydrogens is 370 g/mol. The summed E-state index contributed by atoms with van der Waals surface area (Å²) in [6.07, 6.45) is 5.77. The summed E-state index contributed by atoms with van der Waals surface area (Å²) in [5.74, 6) is -1.13. The van der Waals surface area contributed by atoms with Crippen LogP contribution in [0.1, 0.15) is 44.1 Å². The van der Waals surface area contributed by atoms with Crippen LogP contribution in [0.2, 0.25) is 5.02 Å². The molecule has 0 unspecified atom stereocenters. The largest absolute Gasteiger partial charge is 0.479 e. The molecule has 0 aliphatic carbocycles.